The molecule has 1 aromatic rings. The second kappa shape index (κ2) is 6.59. The molecule has 2 N–H and O–H groups in total. The Kier molecular flexibility index (Phi) is 5.05. The minimum atomic E-state index is -0.0701. The van der Waals surface area contributed by atoms with Crippen LogP contribution in [0.2, 0.25) is 0 Å². The van der Waals surface area contributed by atoms with Gasteiger partial charge in [-0.05, 0) is 38.0 Å². The molecule has 0 aliphatic heterocycles. The summed E-state index contributed by atoms with van der Waals surface area (Å²) in [6.07, 6.45) is 2.24. The summed E-state index contributed by atoms with van der Waals surface area (Å²) in [4.78, 5) is 13.2. The lowest BCUT2D eigenvalue weighted by molar-refractivity contribution is -0.908. The molecule has 2 rings (SSSR count). The van der Waals surface area contributed by atoms with Crippen LogP contribution in [-0.2, 0) is 11.3 Å². The Hall–Kier alpha value is -1.07. The third kappa shape index (κ3) is 3.96. The van der Waals surface area contributed by atoms with Crippen molar-refractivity contribution < 1.29 is 14.4 Å². The third-order valence-corrected chi connectivity index (χ3v) is 4.26. The van der Waals surface area contributed by atoms with Gasteiger partial charge in [0.2, 0.25) is 0 Å². The Morgan fingerprint density at radius 3 is 2.85 bits per heavy atom. The van der Waals surface area contributed by atoms with Crippen molar-refractivity contribution in [3.05, 3.63) is 28.2 Å². The number of carbonyl (C=O) groups excluding carboxylic acids is 1. The number of halogens is 1. The van der Waals surface area contributed by atoms with Gasteiger partial charge in [0.15, 0.2) is 6.04 Å². The smallest absolute Gasteiger partial charge is 0.278 e. The summed E-state index contributed by atoms with van der Waals surface area (Å²) in [5.41, 5.74) is 1.10. The first-order chi connectivity index (χ1) is 9.51. The van der Waals surface area contributed by atoms with Gasteiger partial charge in [0.25, 0.3) is 5.91 Å². The first kappa shape index (κ1) is 15.3. The van der Waals surface area contributed by atoms with Gasteiger partial charge < -0.3 is 15.0 Å². The fourth-order valence-electron chi connectivity index (χ4n) is 2.12. The van der Waals surface area contributed by atoms with E-state index in [-0.39, 0.29) is 11.9 Å². The molecule has 0 aromatic heterocycles. The van der Waals surface area contributed by atoms with Gasteiger partial charge in [0.05, 0.1) is 14.2 Å². The van der Waals surface area contributed by atoms with E-state index in [0.29, 0.717) is 6.04 Å². The van der Waals surface area contributed by atoms with E-state index < -0.39 is 0 Å². The molecule has 0 spiro atoms. The third-order valence-electron chi connectivity index (χ3n) is 3.77. The molecule has 20 heavy (non-hydrogen) atoms. The van der Waals surface area contributed by atoms with Gasteiger partial charge >= 0.3 is 0 Å². The minimum absolute atomic E-state index is 0.0701. The van der Waals surface area contributed by atoms with Gasteiger partial charge in [-0.25, -0.2) is 0 Å². The summed E-state index contributed by atoms with van der Waals surface area (Å²) in [5.74, 6) is 1.00. The molecular weight excluding hydrogens is 320 g/mol. The second-order valence-electron chi connectivity index (χ2n) is 5.48. The van der Waals surface area contributed by atoms with Crippen molar-refractivity contribution in [3.63, 3.8) is 0 Å². The number of hydrogen-bond acceptors (Lipinski definition) is 2. The van der Waals surface area contributed by atoms with Crippen LogP contribution in [0.15, 0.2) is 22.7 Å². The molecule has 5 heteroatoms. The molecule has 0 heterocycles. The van der Waals surface area contributed by atoms with Gasteiger partial charge in [-0.1, -0.05) is 15.9 Å². The maximum Gasteiger partial charge on any atom is 0.278 e. The van der Waals surface area contributed by atoms with Crippen LogP contribution in [0.1, 0.15) is 25.3 Å². The van der Waals surface area contributed by atoms with Gasteiger partial charge in [0, 0.05) is 16.1 Å². The minimum Gasteiger partial charge on any atom is -0.496 e. The summed E-state index contributed by atoms with van der Waals surface area (Å²) in [5, 5.41) is 3.06. The quantitative estimate of drug-likeness (QED) is 0.814. The lowest BCUT2D eigenvalue weighted by Crippen LogP contribution is -3.12. The fraction of sp³-hybridized carbons (Fsp3) is 0.533. The van der Waals surface area contributed by atoms with E-state index >= 15 is 0 Å². The summed E-state index contributed by atoms with van der Waals surface area (Å²) >= 11 is 3.48. The maximum atomic E-state index is 12.1. The standard InChI is InChI=1S/C15H21BrN2O2/c1-10(15(19)17-13-5-6-13)18(2)9-11-8-12(16)4-7-14(11)20-3/h4,7-8,10,13H,5-6,9H2,1-3H3,(H,17,19)/p+1/t10-/m1/s1. The predicted octanol–water partition coefficient (Wildman–Crippen LogP) is 1.14. The average molecular weight is 342 g/mol. The van der Waals surface area contributed by atoms with E-state index in [9.17, 15) is 4.79 Å². The molecule has 0 saturated heterocycles. The molecule has 1 unspecified atom stereocenters. The van der Waals surface area contributed by atoms with E-state index in [4.69, 9.17) is 4.74 Å². The molecule has 1 amide bonds. The topological polar surface area (TPSA) is 42.8 Å². The van der Waals surface area contributed by atoms with Crippen LogP contribution in [0.4, 0.5) is 0 Å². The van der Waals surface area contributed by atoms with Gasteiger partial charge in [0.1, 0.15) is 12.3 Å². The molecule has 4 nitrogen and oxygen atoms in total. The van der Waals surface area contributed by atoms with Crippen LogP contribution in [0.25, 0.3) is 0 Å². The molecular formula is C15H22BrN2O2+. The molecule has 2 atom stereocenters. The SMILES string of the molecule is COc1ccc(Br)cc1C[NH+](C)[C@H](C)C(=O)NC1CC1. The number of quaternary nitrogens is 1. The van der Waals surface area contributed by atoms with E-state index in [1.54, 1.807) is 7.11 Å². The monoisotopic (exact) mass is 341 g/mol. The zero-order valence-electron chi connectivity index (χ0n) is 12.2. The Morgan fingerprint density at radius 2 is 2.25 bits per heavy atom. The molecule has 0 bridgehead atoms. The number of likely N-dealkylation sites (N-methyl/N-ethyl adjacent to an activating group) is 1. The Morgan fingerprint density at radius 1 is 1.55 bits per heavy atom. The summed E-state index contributed by atoms with van der Waals surface area (Å²) < 4.78 is 6.41. The second-order valence-corrected chi connectivity index (χ2v) is 6.40. The number of ether oxygens (including phenoxy) is 1. The molecule has 1 fully saturated rings. The summed E-state index contributed by atoms with van der Waals surface area (Å²) in [6, 6.07) is 6.30. The van der Waals surface area contributed by atoms with Crippen molar-refractivity contribution in [1.29, 1.82) is 0 Å². The first-order valence-corrected chi connectivity index (χ1v) is 7.75. The highest BCUT2D eigenvalue weighted by molar-refractivity contribution is 9.10. The van der Waals surface area contributed by atoms with Crippen LogP contribution < -0.4 is 15.0 Å². The summed E-state index contributed by atoms with van der Waals surface area (Å²) in [7, 11) is 3.71. The van der Waals surface area contributed by atoms with Crippen molar-refractivity contribution in [2.45, 2.75) is 38.4 Å². The van der Waals surface area contributed by atoms with Crippen LogP contribution in [0, 0.1) is 0 Å². The van der Waals surface area contributed by atoms with Gasteiger partial charge in [-0.3, -0.25) is 4.79 Å². The zero-order valence-corrected chi connectivity index (χ0v) is 13.8. The zero-order chi connectivity index (χ0) is 14.7. The van der Waals surface area contributed by atoms with Crippen molar-refractivity contribution in [2.75, 3.05) is 14.2 Å². The van der Waals surface area contributed by atoms with Gasteiger partial charge in [-0.2, -0.15) is 0 Å². The lowest BCUT2D eigenvalue weighted by Gasteiger charge is -2.22. The highest BCUT2D eigenvalue weighted by atomic mass is 79.9. The fourth-order valence-corrected chi connectivity index (χ4v) is 2.52. The number of benzene rings is 1. The predicted molar refractivity (Wildman–Crippen MR) is 81.9 cm³/mol. The van der Waals surface area contributed by atoms with E-state index in [2.05, 4.69) is 21.2 Å². The molecule has 110 valence electrons. The number of hydrogen-bond donors (Lipinski definition) is 2. The molecule has 1 aliphatic carbocycles. The molecule has 1 saturated carbocycles. The van der Waals surface area contributed by atoms with E-state index in [1.807, 2.05) is 32.2 Å². The highest BCUT2D eigenvalue weighted by Crippen LogP contribution is 2.22. The van der Waals surface area contributed by atoms with E-state index in [0.717, 1.165) is 40.1 Å². The van der Waals surface area contributed by atoms with Gasteiger partial charge in [-0.15, -0.1) is 0 Å². The molecule has 1 aliphatic rings. The Balaban J connectivity index is 2.00. The number of carbonyl (C=O) groups is 1. The first-order valence-electron chi connectivity index (χ1n) is 6.96. The maximum absolute atomic E-state index is 12.1. The van der Waals surface area contributed by atoms with E-state index in [1.165, 1.54) is 0 Å². The van der Waals surface area contributed by atoms with Crippen molar-refractivity contribution in [3.8, 4) is 5.75 Å². The number of rotatable bonds is 6. The van der Waals surface area contributed by atoms with Crippen molar-refractivity contribution in [1.82, 2.24) is 5.32 Å². The Labute approximate surface area is 128 Å². The number of amides is 1. The summed E-state index contributed by atoms with van der Waals surface area (Å²) in [6.45, 7) is 2.72. The number of methoxy groups -OCH3 is 1. The van der Waals surface area contributed by atoms with Crippen LogP contribution in [0.5, 0.6) is 5.75 Å². The van der Waals surface area contributed by atoms with Crippen LogP contribution in [0.3, 0.4) is 0 Å². The van der Waals surface area contributed by atoms with Crippen LogP contribution in [-0.4, -0.2) is 32.1 Å². The highest BCUT2D eigenvalue weighted by Gasteiger charge is 2.29. The van der Waals surface area contributed by atoms with Crippen LogP contribution >= 0.6 is 15.9 Å². The number of nitrogens with one attached hydrogen (secondary N) is 2. The normalized spacial score (nSPS) is 17.4. The largest absolute Gasteiger partial charge is 0.496 e. The van der Waals surface area contributed by atoms with Crippen molar-refractivity contribution in [2.24, 2.45) is 0 Å². The Bertz CT molecular complexity index is 489. The lowest BCUT2D eigenvalue weighted by atomic mass is 10.1. The molecule has 0 radical (unpaired) electrons. The average Bonchev–Trinajstić information content (AvgIpc) is 3.22. The van der Waals surface area contributed by atoms with Crippen molar-refractivity contribution >= 4 is 21.8 Å². The molecule has 1 aromatic carbocycles.